The molecule has 0 aliphatic rings. The molecule has 0 saturated heterocycles. The fourth-order valence-corrected chi connectivity index (χ4v) is 0.431. The number of carbonyl (C=O) groups is 1. The third-order valence-corrected chi connectivity index (χ3v) is 1.09. The van der Waals surface area contributed by atoms with Crippen LogP contribution < -0.4 is 5.73 Å². The normalized spacial score (nSPS) is 8.56. The van der Waals surface area contributed by atoms with Gasteiger partial charge in [-0.1, -0.05) is 12.2 Å². The van der Waals surface area contributed by atoms with Crippen LogP contribution >= 0.6 is 12.2 Å². The number of hydrogen-bond donors (Lipinski definition) is 1. The molecule has 0 unspecified atom stereocenters. The minimum Gasteiger partial charge on any atom is -0.393 e. The van der Waals surface area contributed by atoms with Gasteiger partial charge in [-0.25, -0.2) is 0 Å². The van der Waals surface area contributed by atoms with Gasteiger partial charge in [-0.15, -0.1) is 0 Å². The third-order valence-electron chi connectivity index (χ3n) is 0.891. The van der Waals surface area contributed by atoms with Crippen molar-refractivity contribution in [2.75, 3.05) is 13.6 Å². The van der Waals surface area contributed by atoms with Crippen molar-refractivity contribution >= 4 is 23.6 Å². The van der Waals surface area contributed by atoms with E-state index < -0.39 is 0 Å². The minimum absolute atomic E-state index is 0.448. The standard InChI is InChI=1S/C5H10N2OS/c1-7(4-8)3-2-5(6)9/h4H,2-3H2,1H3,(H2,6,9). The van der Waals surface area contributed by atoms with E-state index in [4.69, 9.17) is 5.73 Å². The Hall–Kier alpha value is -0.640. The molecule has 0 aromatic rings. The average Bonchev–Trinajstić information content (AvgIpc) is 1.83. The Balaban J connectivity index is 3.26. The summed E-state index contributed by atoms with van der Waals surface area (Å²) in [6, 6.07) is 0. The largest absolute Gasteiger partial charge is 0.393 e. The number of thiocarbonyl (C=S) groups is 1. The second-order valence-electron chi connectivity index (χ2n) is 1.80. The Labute approximate surface area is 59.8 Å². The first-order valence-corrected chi connectivity index (χ1v) is 3.01. The predicted octanol–water partition coefficient (Wildman–Crippen LogP) is -0.249. The van der Waals surface area contributed by atoms with Crippen molar-refractivity contribution in [2.45, 2.75) is 6.42 Å². The molecule has 0 radical (unpaired) electrons. The first-order chi connectivity index (χ1) is 4.16. The zero-order valence-electron chi connectivity index (χ0n) is 5.33. The van der Waals surface area contributed by atoms with Gasteiger partial charge in [0.2, 0.25) is 6.41 Å². The Morgan fingerprint density at radius 2 is 2.44 bits per heavy atom. The number of carbonyl (C=O) groups excluding carboxylic acids is 1. The van der Waals surface area contributed by atoms with E-state index in [0.29, 0.717) is 18.0 Å². The van der Waals surface area contributed by atoms with Crippen LogP contribution in [0.25, 0.3) is 0 Å². The van der Waals surface area contributed by atoms with E-state index >= 15 is 0 Å². The van der Waals surface area contributed by atoms with E-state index in [0.717, 1.165) is 6.41 Å². The predicted molar refractivity (Wildman–Crippen MR) is 40.1 cm³/mol. The Bertz CT molecular complexity index is 116. The summed E-state index contributed by atoms with van der Waals surface area (Å²) in [5, 5.41) is 0. The number of hydrogen-bond acceptors (Lipinski definition) is 2. The molecule has 0 spiro atoms. The van der Waals surface area contributed by atoms with Gasteiger partial charge in [0.15, 0.2) is 0 Å². The van der Waals surface area contributed by atoms with Crippen molar-refractivity contribution in [3.63, 3.8) is 0 Å². The molecular weight excluding hydrogens is 136 g/mol. The topological polar surface area (TPSA) is 46.3 Å². The van der Waals surface area contributed by atoms with Gasteiger partial charge in [0.25, 0.3) is 0 Å². The molecule has 52 valence electrons. The molecule has 0 aromatic carbocycles. The van der Waals surface area contributed by atoms with E-state index in [9.17, 15) is 4.79 Å². The number of rotatable bonds is 4. The molecule has 0 fully saturated rings. The van der Waals surface area contributed by atoms with Crippen molar-refractivity contribution in [2.24, 2.45) is 5.73 Å². The van der Waals surface area contributed by atoms with E-state index in [1.54, 1.807) is 7.05 Å². The summed E-state index contributed by atoms with van der Waals surface area (Å²) in [5.41, 5.74) is 5.18. The van der Waals surface area contributed by atoms with E-state index in [2.05, 4.69) is 12.2 Å². The number of amides is 1. The summed E-state index contributed by atoms with van der Waals surface area (Å²) in [5.74, 6) is 0. The molecule has 4 heteroatoms. The molecule has 0 bridgehead atoms. The van der Waals surface area contributed by atoms with Crippen LogP contribution in [0.5, 0.6) is 0 Å². The highest BCUT2D eigenvalue weighted by molar-refractivity contribution is 7.80. The Kier molecular flexibility index (Phi) is 3.96. The van der Waals surface area contributed by atoms with Gasteiger partial charge in [0.1, 0.15) is 0 Å². The molecule has 0 aromatic heterocycles. The second kappa shape index (κ2) is 4.26. The molecule has 0 aliphatic carbocycles. The van der Waals surface area contributed by atoms with Gasteiger partial charge in [-0.2, -0.15) is 0 Å². The van der Waals surface area contributed by atoms with E-state index in [1.807, 2.05) is 0 Å². The molecular formula is C5H10N2OS. The molecule has 0 rings (SSSR count). The van der Waals surface area contributed by atoms with Crippen molar-refractivity contribution in [3.8, 4) is 0 Å². The van der Waals surface area contributed by atoms with Crippen LogP contribution in [0, 0.1) is 0 Å². The highest BCUT2D eigenvalue weighted by Gasteiger charge is 1.92. The first kappa shape index (κ1) is 8.36. The summed E-state index contributed by atoms with van der Waals surface area (Å²) in [7, 11) is 1.69. The minimum atomic E-state index is 0.448. The van der Waals surface area contributed by atoms with Gasteiger partial charge in [-0.05, 0) is 0 Å². The molecule has 0 aliphatic heterocycles. The Morgan fingerprint density at radius 1 is 1.89 bits per heavy atom. The fraction of sp³-hybridized carbons (Fsp3) is 0.600. The zero-order chi connectivity index (χ0) is 7.28. The molecule has 0 atom stereocenters. The molecule has 0 heterocycles. The molecule has 0 saturated carbocycles. The van der Waals surface area contributed by atoms with Crippen molar-refractivity contribution < 1.29 is 4.79 Å². The maximum absolute atomic E-state index is 9.96. The van der Waals surface area contributed by atoms with E-state index in [-0.39, 0.29) is 0 Å². The van der Waals surface area contributed by atoms with Gasteiger partial charge in [-0.3, -0.25) is 4.79 Å². The van der Waals surface area contributed by atoms with Crippen LogP contribution in [0.4, 0.5) is 0 Å². The summed E-state index contributed by atoms with van der Waals surface area (Å²) < 4.78 is 0. The summed E-state index contributed by atoms with van der Waals surface area (Å²) >= 11 is 4.60. The lowest BCUT2D eigenvalue weighted by atomic mass is 10.4. The SMILES string of the molecule is CN(C=O)CCC(N)=S. The summed E-state index contributed by atoms with van der Waals surface area (Å²) in [6.45, 7) is 0.610. The van der Waals surface area contributed by atoms with Crippen LogP contribution in [-0.2, 0) is 4.79 Å². The van der Waals surface area contributed by atoms with Crippen LogP contribution in [0.15, 0.2) is 0 Å². The lowest BCUT2D eigenvalue weighted by molar-refractivity contribution is -0.116. The maximum Gasteiger partial charge on any atom is 0.209 e. The van der Waals surface area contributed by atoms with Crippen LogP contribution in [0.3, 0.4) is 0 Å². The molecule has 9 heavy (non-hydrogen) atoms. The van der Waals surface area contributed by atoms with Crippen LogP contribution in [0.2, 0.25) is 0 Å². The third kappa shape index (κ3) is 5.23. The lowest BCUT2D eigenvalue weighted by Crippen LogP contribution is -2.22. The lowest BCUT2D eigenvalue weighted by Gasteiger charge is -2.07. The fourth-order valence-electron chi connectivity index (χ4n) is 0.339. The quantitative estimate of drug-likeness (QED) is 0.439. The second-order valence-corrected chi connectivity index (χ2v) is 2.33. The van der Waals surface area contributed by atoms with Crippen molar-refractivity contribution in [1.29, 1.82) is 0 Å². The van der Waals surface area contributed by atoms with Gasteiger partial charge >= 0.3 is 0 Å². The smallest absolute Gasteiger partial charge is 0.209 e. The van der Waals surface area contributed by atoms with Gasteiger partial charge in [0, 0.05) is 20.0 Å². The monoisotopic (exact) mass is 146 g/mol. The summed E-state index contributed by atoms with van der Waals surface area (Å²) in [4.78, 5) is 11.9. The van der Waals surface area contributed by atoms with Crippen LogP contribution in [-0.4, -0.2) is 29.9 Å². The zero-order valence-corrected chi connectivity index (χ0v) is 6.15. The summed E-state index contributed by atoms with van der Waals surface area (Å²) in [6.07, 6.45) is 1.35. The molecule has 1 amide bonds. The van der Waals surface area contributed by atoms with Gasteiger partial charge < -0.3 is 10.6 Å². The highest BCUT2D eigenvalue weighted by atomic mass is 32.1. The first-order valence-electron chi connectivity index (χ1n) is 2.60. The van der Waals surface area contributed by atoms with Crippen LogP contribution in [0.1, 0.15) is 6.42 Å². The number of nitrogens with zero attached hydrogens (tertiary/aromatic N) is 1. The number of nitrogens with two attached hydrogens (primary N) is 1. The van der Waals surface area contributed by atoms with E-state index in [1.165, 1.54) is 4.90 Å². The maximum atomic E-state index is 9.96. The van der Waals surface area contributed by atoms with Gasteiger partial charge in [0.05, 0.1) is 4.99 Å². The average molecular weight is 146 g/mol. The Morgan fingerprint density at radius 3 is 2.78 bits per heavy atom. The molecule has 3 nitrogen and oxygen atoms in total. The molecule has 2 N–H and O–H groups in total. The van der Waals surface area contributed by atoms with Crippen molar-refractivity contribution in [3.05, 3.63) is 0 Å². The highest BCUT2D eigenvalue weighted by Crippen LogP contribution is 1.82. The van der Waals surface area contributed by atoms with Crippen molar-refractivity contribution in [1.82, 2.24) is 4.90 Å².